The quantitative estimate of drug-likeness (QED) is 0.473. The van der Waals surface area contributed by atoms with Crippen LogP contribution in [0.3, 0.4) is 0 Å². The smallest absolute Gasteiger partial charge is 0.321 e. The fourth-order valence-corrected chi connectivity index (χ4v) is 3.56. The first kappa shape index (κ1) is 20.6. The molecule has 0 aliphatic carbocycles. The van der Waals surface area contributed by atoms with Gasteiger partial charge in [0.25, 0.3) is 0 Å². The predicted molar refractivity (Wildman–Crippen MR) is 117 cm³/mol. The first-order valence-electron chi connectivity index (χ1n) is 9.70. The summed E-state index contributed by atoms with van der Waals surface area (Å²) in [5.74, 6) is -0.788. The molecule has 0 saturated carbocycles. The molecule has 3 rings (SSSR count). The second-order valence-electron chi connectivity index (χ2n) is 7.31. The van der Waals surface area contributed by atoms with Crippen molar-refractivity contribution in [2.75, 3.05) is 18.6 Å². The maximum Gasteiger partial charge on any atom is 0.321 e. The molecule has 0 saturated heterocycles. The summed E-state index contributed by atoms with van der Waals surface area (Å²) >= 11 is 0. The molecule has 29 heavy (non-hydrogen) atoms. The van der Waals surface area contributed by atoms with Crippen molar-refractivity contribution in [2.24, 2.45) is 0 Å². The molecule has 3 aromatic carbocycles. The summed E-state index contributed by atoms with van der Waals surface area (Å²) in [7, 11) is 1.98. The maximum atomic E-state index is 12.8. The minimum atomic E-state index is -0.778. The van der Waals surface area contributed by atoms with E-state index in [0.717, 1.165) is 16.9 Å². The number of nitrogens with zero attached hydrogens (tertiary/aromatic N) is 1. The lowest BCUT2D eigenvalue weighted by Gasteiger charge is -2.27. The first-order chi connectivity index (χ1) is 13.9. The zero-order valence-electron chi connectivity index (χ0n) is 17.3. The minimum absolute atomic E-state index is 0.331. The largest absolute Gasteiger partial charge is 0.426 e. The molecule has 4 nitrogen and oxygen atoms in total. The van der Waals surface area contributed by atoms with E-state index in [1.54, 1.807) is 24.3 Å². The van der Waals surface area contributed by atoms with Gasteiger partial charge in [0.2, 0.25) is 0 Å². The van der Waals surface area contributed by atoms with Gasteiger partial charge in [0.1, 0.15) is 11.7 Å². The van der Waals surface area contributed by atoms with Gasteiger partial charge in [0.15, 0.2) is 0 Å². The third kappa shape index (κ3) is 4.49. The van der Waals surface area contributed by atoms with Gasteiger partial charge in [-0.3, -0.25) is 4.79 Å². The molecule has 1 N–H and O–H groups in total. The molecule has 0 heterocycles. The topological polar surface area (TPSA) is 49.8 Å². The number of carbonyl (C=O) groups is 1. The molecular weight excluding hydrogens is 362 g/mol. The maximum absolute atomic E-state index is 12.8. The summed E-state index contributed by atoms with van der Waals surface area (Å²) < 4.78 is 5.51. The molecule has 0 bridgehead atoms. The molecule has 4 heteroatoms. The molecule has 3 aromatic rings. The summed E-state index contributed by atoms with van der Waals surface area (Å²) in [5, 5.41) is 10.0. The second kappa shape index (κ2) is 8.93. The monoisotopic (exact) mass is 389 g/mol. The van der Waals surface area contributed by atoms with Crippen LogP contribution in [0.1, 0.15) is 28.2 Å². The van der Waals surface area contributed by atoms with Crippen molar-refractivity contribution in [2.45, 2.75) is 26.7 Å². The van der Waals surface area contributed by atoms with Gasteiger partial charge in [-0.25, -0.2) is 0 Å². The Hall–Kier alpha value is -3.11. The Morgan fingerprint density at radius 2 is 1.62 bits per heavy atom. The van der Waals surface area contributed by atoms with Crippen LogP contribution in [0.15, 0.2) is 66.7 Å². The molecule has 0 amide bonds. The Balaban J connectivity index is 1.98. The number of aliphatic hydroxyl groups is 1. The van der Waals surface area contributed by atoms with Crippen molar-refractivity contribution in [3.63, 3.8) is 0 Å². The highest BCUT2D eigenvalue weighted by Crippen LogP contribution is 2.35. The number of aryl methyl sites for hydroxylation is 2. The first-order valence-corrected chi connectivity index (χ1v) is 9.70. The highest BCUT2D eigenvalue weighted by Gasteiger charge is 2.26. The Labute approximate surface area is 172 Å². The Kier molecular flexibility index (Phi) is 6.35. The van der Waals surface area contributed by atoms with E-state index < -0.39 is 11.9 Å². The number of carbonyl (C=O) groups excluding carboxylic acids is 1. The summed E-state index contributed by atoms with van der Waals surface area (Å²) in [6, 6.07) is 20.9. The average Bonchev–Trinajstić information content (AvgIpc) is 2.72. The number of esters is 1. The lowest BCUT2D eigenvalue weighted by molar-refractivity contribution is -0.137. The van der Waals surface area contributed by atoms with E-state index in [0.29, 0.717) is 5.75 Å². The fraction of sp³-hybridized carbons (Fsp3) is 0.240. The average molecular weight is 389 g/mol. The third-order valence-electron chi connectivity index (χ3n) is 5.25. The van der Waals surface area contributed by atoms with E-state index in [1.807, 2.05) is 37.4 Å². The van der Waals surface area contributed by atoms with Crippen LogP contribution >= 0.6 is 0 Å². The van der Waals surface area contributed by atoms with E-state index in [1.165, 1.54) is 16.7 Å². The van der Waals surface area contributed by atoms with Crippen LogP contribution in [0.4, 0.5) is 11.4 Å². The Morgan fingerprint density at radius 1 is 0.966 bits per heavy atom. The molecular formula is C25H27NO3. The predicted octanol–water partition coefficient (Wildman–Crippen LogP) is 5.06. The van der Waals surface area contributed by atoms with Crippen molar-refractivity contribution in [3.05, 3.63) is 89.0 Å². The highest BCUT2D eigenvalue weighted by atomic mass is 16.5. The van der Waals surface area contributed by atoms with Crippen molar-refractivity contribution >= 4 is 17.3 Å². The molecule has 0 aliphatic heterocycles. The number of aliphatic hydroxyl groups excluding tert-OH is 1. The summed E-state index contributed by atoms with van der Waals surface area (Å²) in [6.07, 6.45) is 0. The number of hydrogen-bond donors (Lipinski definition) is 1. The van der Waals surface area contributed by atoms with Crippen LogP contribution in [-0.4, -0.2) is 24.7 Å². The molecule has 0 aliphatic rings. The fourth-order valence-electron chi connectivity index (χ4n) is 3.56. The van der Waals surface area contributed by atoms with Gasteiger partial charge < -0.3 is 14.7 Å². The van der Waals surface area contributed by atoms with E-state index in [-0.39, 0.29) is 6.61 Å². The molecule has 0 fully saturated rings. The lowest BCUT2D eigenvalue weighted by atomic mass is 9.96. The van der Waals surface area contributed by atoms with E-state index in [2.05, 4.69) is 37.8 Å². The normalized spacial score (nSPS) is 11.8. The molecule has 0 radical (unpaired) electrons. The molecule has 0 spiro atoms. The SMILES string of the molecule is Cc1cc(C)c(C)c(N(C)c2ccccc2C(CO)C(=O)Oc2ccccc2)c1. The van der Waals surface area contributed by atoms with Crippen LogP contribution < -0.4 is 9.64 Å². The van der Waals surface area contributed by atoms with Gasteiger partial charge >= 0.3 is 5.97 Å². The van der Waals surface area contributed by atoms with Gasteiger partial charge in [-0.05, 0) is 67.3 Å². The number of hydrogen-bond acceptors (Lipinski definition) is 4. The van der Waals surface area contributed by atoms with Crippen molar-refractivity contribution in [1.29, 1.82) is 0 Å². The number of para-hydroxylation sites is 2. The number of rotatable bonds is 6. The van der Waals surface area contributed by atoms with Gasteiger partial charge in [0, 0.05) is 18.4 Å². The van der Waals surface area contributed by atoms with Gasteiger partial charge in [-0.1, -0.05) is 42.5 Å². The van der Waals surface area contributed by atoms with Gasteiger partial charge in [0.05, 0.1) is 6.61 Å². The van der Waals surface area contributed by atoms with Crippen LogP contribution in [0, 0.1) is 20.8 Å². The van der Waals surface area contributed by atoms with Crippen molar-refractivity contribution < 1.29 is 14.6 Å². The van der Waals surface area contributed by atoms with Crippen LogP contribution in [0.2, 0.25) is 0 Å². The Morgan fingerprint density at radius 3 is 2.31 bits per heavy atom. The second-order valence-corrected chi connectivity index (χ2v) is 7.31. The number of ether oxygens (including phenoxy) is 1. The minimum Gasteiger partial charge on any atom is -0.426 e. The summed E-state index contributed by atoms with van der Waals surface area (Å²) in [5.41, 5.74) is 6.24. The van der Waals surface area contributed by atoms with E-state index in [4.69, 9.17) is 4.74 Å². The molecule has 150 valence electrons. The standard InChI is InChI=1S/C25H27NO3/c1-17-14-18(2)19(3)24(15-17)26(4)23-13-9-8-12-21(23)22(16-27)25(28)29-20-10-6-5-7-11-20/h5-15,22,27H,16H2,1-4H3. The zero-order chi connectivity index (χ0) is 21.0. The molecule has 1 unspecified atom stereocenters. The van der Waals surface area contributed by atoms with Crippen LogP contribution in [-0.2, 0) is 4.79 Å². The molecule has 0 aromatic heterocycles. The van der Waals surface area contributed by atoms with Crippen molar-refractivity contribution in [3.8, 4) is 5.75 Å². The molecule has 1 atom stereocenters. The van der Waals surface area contributed by atoms with Crippen molar-refractivity contribution in [1.82, 2.24) is 0 Å². The number of benzene rings is 3. The Bertz CT molecular complexity index is 998. The number of anilines is 2. The van der Waals surface area contributed by atoms with Crippen LogP contribution in [0.5, 0.6) is 5.75 Å². The lowest BCUT2D eigenvalue weighted by Crippen LogP contribution is -2.24. The third-order valence-corrected chi connectivity index (χ3v) is 5.25. The van der Waals surface area contributed by atoms with Crippen LogP contribution in [0.25, 0.3) is 0 Å². The van der Waals surface area contributed by atoms with Gasteiger partial charge in [-0.2, -0.15) is 0 Å². The van der Waals surface area contributed by atoms with E-state index >= 15 is 0 Å². The summed E-state index contributed by atoms with van der Waals surface area (Å²) in [6.45, 7) is 5.93. The highest BCUT2D eigenvalue weighted by molar-refractivity contribution is 5.84. The van der Waals surface area contributed by atoms with Gasteiger partial charge in [-0.15, -0.1) is 0 Å². The zero-order valence-corrected chi connectivity index (χ0v) is 17.3. The van der Waals surface area contributed by atoms with E-state index in [9.17, 15) is 9.90 Å². The summed E-state index contributed by atoms with van der Waals surface area (Å²) in [4.78, 5) is 14.9.